The Hall–Kier alpha value is 0.440. The molecule has 0 N–H and O–H groups in total. The van der Waals surface area contributed by atoms with Gasteiger partial charge >= 0.3 is 0 Å². The van der Waals surface area contributed by atoms with E-state index in [1.807, 2.05) is 6.26 Å². The van der Waals surface area contributed by atoms with Crippen molar-refractivity contribution in [3.8, 4) is 0 Å². The Morgan fingerprint density at radius 1 is 1.09 bits per heavy atom. The fraction of sp³-hybridized carbons (Fsp3) is 0.143. The van der Waals surface area contributed by atoms with Crippen LogP contribution in [0.15, 0.2) is 17.0 Å². The summed E-state index contributed by atoms with van der Waals surface area (Å²) < 4.78 is 0. The largest absolute Gasteiger partial charge is 0.127 e. The van der Waals surface area contributed by atoms with Gasteiger partial charge in [-0.15, -0.1) is 11.8 Å². The van der Waals surface area contributed by atoms with Crippen molar-refractivity contribution >= 4 is 46.6 Å². The number of rotatable bonds is 1. The molecule has 60 valence electrons. The number of benzene rings is 1. The van der Waals surface area contributed by atoms with Gasteiger partial charge in [-0.25, -0.2) is 0 Å². The fourth-order valence-electron chi connectivity index (χ4n) is 0.724. The lowest BCUT2D eigenvalue weighted by atomic mass is 10.4. The standard InChI is InChI=1S/C7H5Cl3S/c1-11-7-5(9)2-4(8)3-6(7)10/h2-3H,1H3. The molecule has 0 aromatic heterocycles. The molecule has 0 saturated carbocycles. The molecule has 0 unspecified atom stereocenters. The van der Waals surface area contributed by atoms with E-state index in [0.717, 1.165) is 4.90 Å². The SMILES string of the molecule is CSc1c(Cl)cc(Cl)cc1Cl. The summed E-state index contributed by atoms with van der Waals surface area (Å²) in [7, 11) is 0. The molecule has 0 saturated heterocycles. The summed E-state index contributed by atoms with van der Waals surface area (Å²) in [5.41, 5.74) is 0. The summed E-state index contributed by atoms with van der Waals surface area (Å²) in [6, 6.07) is 3.36. The second kappa shape index (κ2) is 3.90. The molecule has 1 aromatic rings. The van der Waals surface area contributed by atoms with Crippen LogP contribution in [0.5, 0.6) is 0 Å². The molecule has 0 aliphatic carbocycles. The molecule has 0 atom stereocenters. The zero-order chi connectivity index (χ0) is 8.43. The molecule has 0 aliphatic rings. The van der Waals surface area contributed by atoms with Gasteiger partial charge in [0.15, 0.2) is 0 Å². The average molecular weight is 228 g/mol. The molecule has 0 spiro atoms. The quantitative estimate of drug-likeness (QED) is 0.642. The van der Waals surface area contributed by atoms with E-state index in [4.69, 9.17) is 34.8 Å². The maximum Gasteiger partial charge on any atom is 0.0571 e. The first-order chi connectivity index (χ1) is 5.15. The van der Waals surface area contributed by atoms with E-state index >= 15 is 0 Å². The van der Waals surface area contributed by atoms with Gasteiger partial charge in [0.25, 0.3) is 0 Å². The zero-order valence-corrected chi connectivity index (χ0v) is 8.78. The summed E-state index contributed by atoms with van der Waals surface area (Å²) >= 11 is 18.9. The van der Waals surface area contributed by atoms with Gasteiger partial charge in [-0.3, -0.25) is 0 Å². The third kappa shape index (κ3) is 2.19. The predicted octanol–water partition coefficient (Wildman–Crippen LogP) is 4.37. The monoisotopic (exact) mass is 226 g/mol. The van der Waals surface area contributed by atoms with E-state index in [1.165, 1.54) is 11.8 Å². The lowest BCUT2D eigenvalue weighted by Gasteiger charge is -2.02. The van der Waals surface area contributed by atoms with Gasteiger partial charge in [0, 0.05) is 9.92 Å². The first kappa shape index (κ1) is 9.53. The van der Waals surface area contributed by atoms with Crippen molar-refractivity contribution in [2.45, 2.75) is 4.90 Å². The first-order valence-electron chi connectivity index (χ1n) is 2.83. The van der Waals surface area contributed by atoms with E-state index in [1.54, 1.807) is 12.1 Å². The molecule has 0 aliphatic heterocycles. The van der Waals surface area contributed by atoms with E-state index in [-0.39, 0.29) is 0 Å². The van der Waals surface area contributed by atoms with Crippen molar-refractivity contribution in [1.29, 1.82) is 0 Å². The Bertz CT molecular complexity index is 249. The maximum atomic E-state index is 5.85. The van der Waals surface area contributed by atoms with E-state index in [9.17, 15) is 0 Å². The predicted molar refractivity (Wildman–Crippen MR) is 53.3 cm³/mol. The van der Waals surface area contributed by atoms with E-state index in [2.05, 4.69) is 0 Å². The van der Waals surface area contributed by atoms with E-state index in [0.29, 0.717) is 15.1 Å². The van der Waals surface area contributed by atoms with Crippen LogP contribution < -0.4 is 0 Å². The number of hydrogen-bond donors (Lipinski definition) is 0. The van der Waals surface area contributed by atoms with Gasteiger partial charge in [-0.05, 0) is 18.4 Å². The minimum Gasteiger partial charge on any atom is -0.127 e. The molecular formula is C7H5Cl3S. The highest BCUT2D eigenvalue weighted by molar-refractivity contribution is 7.98. The van der Waals surface area contributed by atoms with Crippen molar-refractivity contribution in [3.63, 3.8) is 0 Å². The zero-order valence-electron chi connectivity index (χ0n) is 5.70. The highest BCUT2D eigenvalue weighted by Crippen LogP contribution is 2.35. The minimum atomic E-state index is 0.567. The Kier molecular flexibility index (Phi) is 3.38. The number of thioether (sulfide) groups is 1. The third-order valence-electron chi connectivity index (χ3n) is 1.17. The molecule has 0 nitrogen and oxygen atoms in total. The van der Waals surface area contributed by atoms with Crippen LogP contribution >= 0.6 is 46.6 Å². The van der Waals surface area contributed by atoms with Crippen LogP contribution in [0, 0.1) is 0 Å². The van der Waals surface area contributed by atoms with Crippen molar-refractivity contribution in [2.75, 3.05) is 6.26 Å². The van der Waals surface area contributed by atoms with Crippen LogP contribution in [0.2, 0.25) is 15.1 Å². The van der Waals surface area contributed by atoms with Gasteiger partial charge < -0.3 is 0 Å². The Labute approximate surface area is 84.8 Å². The highest BCUT2D eigenvalue weighted by Gasteiger charge is 2.05. The molecule has 0 heterocycles. The Morgan fingerprint density at radius 3 is 1.91 bits per heavy atom. The summed E-state index contributed by atoms with van der Waals surface area (Å²) in [5, 5.41) is 1.78. The van der Waals surface area contributed by atoms with Crippen LogP contribution in [0.4, 0.5) is 0 Å². The van der Waals surface area contributed by atoms with Gasteiger partial charge in [-0.2, -0.15) is 0 Å². The second-order valence-electron chi connectivity index (χ2n) is 1.90. The number of halogens is 3. The highest BCUT2D eigenvalue weighted by atomic mass is 35.5. The second-order valence-corrected chi connectivity index (χ2v) is 3.97. The smallest absolute Gasteiger partial charge is 0.0571 e. The van der Waals surface area contributed by atoms with Gasteiger partial charge in [-0.1, -0.05) is 34.8 Å². The third-order valence-corrected chi connectivity index (χ3v) is 3.05. The molecule has 0 fully saturated rings. The van der Waals surface area contributed by atoms with E-state index < -0.39 is 0 Å². The molecule has 11 heavy (non-hydrogen) atoms. The Balaban J connectivity index is 3.25. The summed E-state index contributed by atoms with van der Waals surface area (Å²) in [5.74, 6) is 0. The van der Waals surface area contributed by atoms with Crippen LogP contribution in [0.25, 0.3) is 0 Å². The molecule has 0 amide bonds. The molecule has 0 radical (unpaired) electrons. The fourth-order valence-corrected chi connectivity index (χ4v) is 2.51. The molecule has 0 bridgehead atoms. The van der Waals surface area contributed by atoms with Gasteiger partial charge in [0.1, 0.15) is 0 Å². The van der Waals surface area contributed by atoms with Gasteiger partial charge in [0.05, 0.1) is 10.0 Å². The van der Waals surface area contributed by atoms with Crippen LogP contribution in [0.1, 0.15) is 0 Å². The summed E-state index contributed by atoms with van der Waals surface area (Å²) in [6.45, 7) is 0. The summed E-state index contributed by atoms with van der Waals surface area (Å²) in [4.78, 5) is 0.873. The molecule has 4 heteroatoms. The first-order valence-corrected chi connectivity index (χ1v) is 5.19. The van der Waals surface area contributed by atoms with Crippen molar-refractivity contribution in [1.82, 2.24) is 0 Å². The normalized spacial score (nSPS) is 10.2. The average Bonchev–Trinajstić information content (AvgIpc) is 1.85. The molecule has 1 aromatic carbocycles. The van der Waals surface area contributed by atoms with Gasteiger partial charge in [0.2, 0.25) is 0 Å². The van der Waals surface area contributed by atoms with Crippen molar-refractivity contribution in [2.24, 2.45) is 0 Å². The lowest BCUT2D eigenvalue weighted by molar-refractivity contribution is 1.47. The Morgan fingerprint density at radius 2 is 1.55 bits per heavy atom. The van der Waals surface area contributed by atoms with Crippen LogP contribution in [0.3, 0.4) is 0 Å². The topological polar surface area (TPSA) is 0 Å². The van der Waals surface area contributed by atoms with Crippen molar-refractivity contribution in [3.05, 3.63) is 27.2 Å². The maximum absolute atomic E-state index is 5.85. The minimum absolute atomic E-state index is 0.567. The molecular weight excluding hydrogens is 223 g/mol. The molecule has 1 rings (SSSR count). The van der Waals surface area contributed by atoms with Crippen molar-refractivity contribution < 1.29 is 0 Å². The number of hydrogen-bond acceptors (Lipinski definition) is 1. The van der Waals surface area contributed by atoms with Crippen LogP contribution in [-0.2, 0) is 0 Å². The van der Waals surface area contributed by atoms with Crippen LogP contribution in [-0.4, -0.2) is 6.26 Å². The lowest BCUT2D eigenvalue weighted by Crippen LogP contribution is -1.75. The summed E-state index contributed by atoms with van der Waals surface area (Å²) in [6.07, 6.45) is 1.92.